The summed E-state index contributed by atoms with van der Waals surface area (Å²) in [6.07, 6.45) is 0.867. The first kappa shape index (κ1) is 14.7. The average Bonchev–Trinajstić information content (AvgIpc) is 2.39. The molecule has 0 aliphatic heterocycles. The van der Waals surface area contributed by atoms with Gasteiger partial charge >= 0.3 is 0 Å². The van der Waals surface area contributed by atoms with E-state index < -0.39 is 0 Å². The maximum atomic E-state index is 5.72. The molecular formula is C15H16Br2N2. The van der Waals surface area contributed by atoms with Crippen molar-refractivity contribution in [3.63, 3.8) is 0 Å². The van der Waals surface area contributed by atoms with Gasteiger partial charge in [0, 0.05) is 8.95 Å². The molecule has 0 saturated heterocycles. The van der Waals surface area contributed by atoms with Crippen LogP contribution in [0.15, 0.2) is 51.4 Å². The fraction of sp³-hybridized carbons (Fsp3) is 0.200. The highest BCUT2D eigenvalue weighted by Gasteiger charge is 2.13. The van der Waals surface area contributed by atoms with Crippen molar-refractivity contribution in [2.75, 3.05) is 0 Å². The van der Waals surface area contributed by atoms with E-state index in [-0.39, 0.29) is 6.04 Å². The number of nitrogens with one attached hydrogen (secondary N) is 1. The van der Waals surface area contributed by atoms with Gasteiger partial charge in [-0.05, 0) is 54.3 Å². The van der Waals surface area contributed by atoms with Gasteiger partial charge in [0.1, 0.15) is 0 Å². The maximum absolute atomic E-state index is 5.72. The van der Waals surface area contributed by atoms with Crippen LogP contribution >= 0.6 is 31.9 Å². The second kappa shape index (κ2) is 6.66. The van der Waals surface area contributed by atoms with Gasteiger partial charge in [-0.3, -0.25) is 11.3 Å². The van der Waals surface area contributed by atoms with Gasteiger partial charge in [0.05, 0.1) is 6.04 Å². The Morgan fingerprint density at radius 3 is 2.26 bits per heavy atom. The zero-order valence-electron chi connectivity index (χ0n) is 10.7. The molecule has 19 heavy (non-hydrogen) atoms. The maximum Gasteiger partial charge on any atom is 0.0502 e. The molecular weight excluding hydrogens is 368 g/mol. The lowest BCUT2D eigenvalue weighted by Gasteiger charge is -2.19. The van der Waals surface area contributed by atoms with Crippen molar-refractivity contribution in [2.24, 2.45) is 5.84 Å². The molecule has 3 N–H and O–H groups in total. The van der Waals surface area contributed by atoms with Crippen molar-refractivity contribution in [3.05, 3.63) is 68.1 Å². The molecule has 0 radical (unpaired) electrons. The third-order valence-corrected chi connectivity index (χ3v) is 4.18. The van der Waals surface area contributed by atoms with Gasteiger partial charge in [0.2, 0.25) is 0 Å². The quantitative estimate of drug-likeness (QED) is 0.611. The van der Waals surface area contributed by atoms with E-state index in [1.807, 2.05) is 6.07 Å². The molecule has 4 heteroatoms. The zero-order valence-corrected chi connectivity index (χ0v) is 13.8. The number of hydrogen-bond acceptors (Lipinski definition) is 2. The van der Waals surface area contributed by atoms with Crippen LogP contribution in [0.3, 0.4) is 0 Å². The van der Waals surface area contributed by atoms with Gasteiger partial charge in [-0.25, -0.2) is 0 Å². The first-order valence-corrected chi connectivity index (χ1v) is 7.65. The Bertz CT molecular complexity index is 553. The minimum Gasteiger partial charge on any atom is -0.271 e. The summed E-state index contributed by atoms with van der Waals surface area (Å²) in [4.78, 5) is 0. The van der Waals surface area contributed by atoms with E-state index in [2.05, 4.69) is 80.6 Å². The minimum absolute atomic E-state index is 0.120. The SMILES string of the molecule is Cc1cc(Br)ccc1C(Cc1ccc(Br)cc1)NN. The van der Waals surface area contributed by atoms with Gasteiger partial charge in [0.25, 0.3) is 0 Å². The summed E-state index contributed by atoms with van der Waals surface area (Å²) in [5.41, 5.74) is 6.63. The Kier molecular flexibility index (Phi) is 5.16. The smallest absolute Gasteiger partial charge is 0.0502 e. The first-order valence-electron chi connectivity index (χ1n) is 6.07. The molecule has 2 rings (SSSR count). The molecule has 100 valence electrons. The van der Waals surface area contributed by atoms with Crippen LogP contribution in [0.4, 0.5) is 0 Å². The predicted molar refractivity (Wildman–Crippen MR) is 86.8 cm³/mol. The predicted octanol–water partition coefficient (Wildman–Crippen LogP) is 4.27. The number of hydrogen-bond donors (Lipinski definition) is 2. The highest BCUT2D eigenvalue weighted by atomic mass is 79.9. The van der Waals surface area contributed by atoms with E-state index in [9.17, 15) is 0 Å². The second-order valence-electron chi connectivity index (χ2n) is 4.55. The molecule has 1 unspecified atom stereocenters. The normalized spacial score (nSPS) is 12.4. The van der Waals surface area contributed by atoms with Crippen LogP contribution in [0.25, 0.3) is 0 Å². The van der Waals surface area contributed by atoms with E-state index in [1.165, 1.54) is 16.7 Å². The van der Waals surface area contributed by atoms with Crippen LogP contribution in [0, 0.1) is 6.92 Å². The molecule has 0 aliphatic rings. The molecule has 0 saturated carbocycles. The van der Waals surface area contributed by atoms with Gasteiger partial charge in [-0.2, -0.15) is 0 Å². The van der Waals surface area contributed by atoms with Crippen molar-refractivity contribution >= 4 is 31.9 Å². The van der Waals surface area contributed by atoms with Gasteiger partial charge < -0.3 is 0 Å². The molecule has 1 atom stereocenters. The molecule has 0 aromatic heterocycles. The number of hydrazine groups is 1. The Labute approximate surface area is 130 Å². The average molecular weight is 384 g/mol. The fourth-order valence-electron chi connectivity index (χ4n) is 2.14. The molecule has 2 aromatic rings. The lowest BCUT2D eigenvalue weighted by atomic mass is 9.96. The van der Waals surface area contributed by atoms with E-state index in [1.54, 1.807) is 0 Å². The molecule has 0 spiro atoms. The highest BCUT2D eigenvalue weighted by Crippen LogP contribution is 2.24. The van der Waals surface area contributed by atoms with Gasteiger partial charge in [0.15, 0.2) is 0 Å². The zero-order chi connectivity index (χ0) is 13.8. The van der Waals surface area contributed by atoms with Crippen LogP contribution in [0.1, 0.15) is 22.7 Å². The summed E-state index contributed by atoms with van der Waals surface area (Å²) in [6, 6.07) is 14.7. The van der Waals surface area contributed by atoms with Crippen molar-refractivity contribution in [1.29, 1.82) is 0 Å². The van der Waals surface area contributed by atoms with Crippen LogP contribution in [0.2, 0.25) is 0 Å². The second-order valence-corrected chi connectivity index (χ2v) is 6.38. The number of aryl methyl sites for hydroxylation is 1. The van der Waals surface area contributed by atoms with Crippen LogP contribution < -0.4 is 11.3 Å². The van der Waals surface area contributed by atoms with E-state index in [0.717, 1.165) is 15.4 Å². The lowest BCUT2D eigenvalue weighted by Crippen LogP contribution is -2.30. The first-order chi connectivity index (χ1) is 9.10. The topological polar surface area (TPSA) is 38.0 Å². The third kappa shape index (κ3) is 3.89. The number of rotatable bonds is 4. The fourth-order valence-corrected chi connectivity index (χ4v) is 2.88. The Morgan fingerprint density at radius 1 is 1.05 bits per heavy atom. The summed E-state index contributed by atoms with van der Waals surface area (Å²) >= 11 is 6.93. The molecule has 0 bridgehead atoms. The minimum atomic E-state index is 0.120. The number of halogens is 2. The van der Waals surface area contributed by atoms with E-state index >= 15 is 0 Å². The summed E-state index contributed by atoms with van der Waals surface area (Å²) in [5, 5.41) is 0. The van der Waals surface area contributed by atoms with Gasteiger partial charge in [-0.15, -0.1) is 0 Å². The van der Waals surface area contributed by atoms with E-state index in [4.69, 9.17) is 5.84 Å². The van der Waals surface area contributed by atoms with Crippen molar-refractivity contribution < 1.29 is 0 Å². The summed E-state index contributed by atoms with van der Waals surface area (Å²) in [7, 11) is 0. The van der Waals surface area contributed by atoms with Crippen LogP contribution in [0.5, 0.6) is 0 Å². The molecule has 2 aromatic carbocycles. The third-order valence-electron chi connectivity index (χ3n) is 3.16. The standard InChI is InChI=1S/C15H16Br2N2/c1-10-8-13(17)6-7-14(10)15(19-18)9-11-2-4-12(16)5-3-11/h2-8,15,19H,9,18H2,1H3. The van der Waals surface area contributed by atoms with E-state index in [0.29, 0.717) is 0 Å². The van der Waals surface area contributed by atoms with Crippen molar-refractivity contribution in [2.45, 2.75) is 19.4 Å². The molecule has 0 aliphatic carbocycles. The lowest BCUT2D eigenvalue weighted by molar-refractivity contribution is 0.549. The molecule has 0 heterocycles. The Hall–Kier alpha value is -0.680. The monoisotopic (exact) mass is 382 g/mol. The van der Waals surface area contributed by atoms with Crippen LogP contribution in [-0.2, 0) is 6.42 Å². The molecule has 0 fully saturated rings. The molecule has 0 amide bonds. The van der Waals surface area contributed by atoms with Crippen molar-refractivity contribution in [3.8, 4) is 0 Å². The highest BCUT2D eigenvalue weighted by molar-refractivity contribution is 9.10. The number of nitrogens with two attached hydrogens (primary N) is 1. The van der Waals surface area contributed by atoms with Crippen LogP contribution in [-0.4, -0.2) is 0 Å². The summed E-state index contributed by atoms with van der Waals surface area (Å²) in [6.45, 7) is 2.10. The Balaban J connectivity index is 2.22. The largest absolute Gasteiger partial charge is 0.271 e. The Morgan fingerprint density at radius 2 is 1.68 bits per heavy atom. The van der Waals surface area contributed by atoms with Gasteiger partial charge in [-0.1, -0.05) is 50.1 Å². The number of benzene rings is 2. The summed E-state index contributed by atoms with van der Waals surface area (Å²) < 4.78 is 2.18. The summed E-state index contributed by atoms with van der Waals surface area (Å²) in [5.74, 6) is 5.72. The van der Waals surface area contributed by atoms with Crippen molar-refractivity contribution in [1.82, 2.24) is 5.43 Å². The molecule has 2 nitrogen and oxygen atoms in total.